The first-order valence-corrected chi connectivity index (χ1v) is 12.8. The number of benzene rings is 2. The van der Waals surface area contributed by atoms with Crippen molar-refractivity contribution in [2.24, 2.45) is 0 Å². The van der Waals surface area contributed by atoms with E-state index in [1.54, 1.807) is 24.5 Å². The maximum absolute atomic E-state index is 11.3. The van der Waals surface area contributed by atoms with E-state index in [2.05, 4.69) is 44.1 Å². The SMILES string of the molecule is Oc1c([C@@H](c2ccc(Cl)cc2Cl)N2CCN(c3ccccc3)CC2)sc2nc(-c3ccco3)nn12. The van der Waals surface area contributed by atoms with E-state index < -0.39 is 0 Å². The Kier molecular flexibility index (Phi) is 5.89. The Bertz CT molecular complexity index is 1460. The lowest BCUT2D eigenvalue weighted by atomic mass is 10.0. The Morgan fingerprint density at radius 1 is 0.971 bits per heavy atom. The molecule has 1 atom stereocenters. The van der Waals surface area contributed by atoms with Crippen molar-refractivity contribution in [3.05, 3.63) is 87.4 Å². The van der Waals surface area contributed by atoms with Crippen LogP contribution in [0.1, 0.15) is 16.5 Å². The predicted octanol–water partition coefficient (Wildman–Crippen LogP) is 5.97. The number of nitrogens with zero attached hydrogens (tertiary/aromatic N) is 5. The van der Waals surface area contributed by atoms with Gasteiger partial charge in [-0.05, 0) is 42.0 Å². The molecule has 1 aliphatic rings. The minimum absolute atomic E-state index is 0.0526. The van der Waals surface area contributed by atoms with Gasteiger partial charge in [-0.25, -0.2) is 0 Å². The van der Waals surface area contributed by atoms with Gasteiger partial charge in [-0.3, -0.25) is 4.90 Å². The van der Waals surface area contributed by atoms with E-state index in [0.717, 1.165) is 36.6 Å². The van der Waals surface area contributed by atoms with E-state index in [9.17, 15) is 5.11 Å². The molecule has 0 saturated carbocycles. The molecule has 0 aliphatic carbocycles. The van der Waals surface area contributed by atoms with Gasteiger partial charge in [0.05, 0.1) is 17.2 Å². The van der Waals surface area contributed by atoms with E-state index in [1.807, 2.05) is 18.2 Å². The minimum atomic E-state index is -0.266. The molecule has 10 heteroatoms. The summed E-state index contributed by atoms with van der Waals surface area (Å²) in [6, 6.07) is 19.2. The highest BCUT2D eigenvalue weighted by molar-refractivity contribution is 7.17. The molecule has 1 fully saturated rings. The molecular formula is C25H21Cl2N5O2S. The Labute approximate surface area is 215 Å². The molecule has 0 amide bonds. The van der Waals surface area contributed by atoms with Gasteiger partial charge in [0, 0.05) is 41.9 Å². The van der Waals surface area contributed by atoms with Crippen molar-refractivity contribution >= 4 is 45.2 Å². The highest BCUT2D eigenvalue weighted by Crippen LogP contribution is 2.43. The average molecular weight is 526 g/mol. The zero-order chi connectivity index (χ0) is 23.9. The molecule has 2 aromatic carbocycles. The van der Waals surface area contributed by atoms with Gasteiger partial charge in [-0.1, -0.05) is 58.8 Å². The van der Waals surface area contributed by atoms with Crippen LogP contribution < -0.4 is 4.90 Å². The number of aromatic nitrogens is 3. The van der Waals surface area contributed by atoms with Crippen LogP contribution in [0, 0.1) is 0 Å². The van der Waals surface area contributed by atoms with Crippen molar-refractivity contribution in [3.8, 4) is 17.5 Å². The molecule has 7 nitrogen and oxygen atoms in total. The number of fused-ring (bicyclic) bond motifs is 1. The summed E-state index contributed by atoms with van der Waals surface area (Å²) in [5.74, 6) is 1.04. The summed E-state index contributed by atoms with van der Waals surface area (Å²) in [4.78, 5) is 10.6. The molecule has 0 bridgehead atoms. The monoisotopic (exact) mass is 525 g/mol. The van der Waals surface area contributed by atoms with Crippen molar-refractivity contribution in [1.82, 2.24) is 19.5 Å². The van der Waals surface area contributed by atoms with Crippen LogP contribution in [0.4, 0.5) is 5.69 Å². The van der Waals surface area contributed by atoms with Crippen LogP contribution in [0.3, 0.4) is 0 Å². The summed E-state index contributed by atoms with van der Waals surface area (Å²) in [5, 5.41) is 16.9. The maximum atomic E-state index is 11.3. The van der Waals surface area contributed by atoms with Crippen molar-refractivity contribution in [1.29, 1.82) is 0 Å². The zero-order valence-corrected chi connectivity index (χ0v) is 20.8. The number of furan rings is 1. The van der Waals surface area contributed by atoms with E-state index >= 15 is 0 Å². The molecule has 178 valence electrons. The summed E-state index contributed by atoms with van der Waals surface area (Å²) in [6.45, 7) is 3.30. The highest BCUT2D eigenvalue weighted by Gasteiger charge is 2.33. The third-order valence-electron chi connectivity index (χ3n) is 6.25. The Hall–Kier alpha value is -3.04. The smallest absolute Gasteiger partial charge is 0.230 e. The molecule has 35 heavy (non-hydrogen) atoms. The van der Waals surface area contributed by atoms with Gasteiger partial charge in [0.25, 0.3) is 0 Å². The van der Waals surface area contributed by atoms with Crippen LogP contribution in [-0.2, 0) is 0 Å². The van der Waals surface area contributed by atoms with Crippen LogP contribution in [-0.4, -0.2) is 50.8 Å². The second-order valence-corrected chi connectivity index (χ2v) is 10.2. The summed E-state index contributed by atoms with van der Waals surface area (Å²) >= 11 is 14.3. The van der Waals surface area contributed by atoms with Crippen molar-refractivity contribution in [2.75, 3.05) is 31.1 Å². The maximum Gasteiger partial charge on any atom is 0.230 e. The molecule has 1 N–H and O–H groups in total. The molecule has 6 rings (SSSR count). The first-order chi connectivity index (χ1) is 17.1. The number of anilines is 1. The molecule has 4 heterocycles. The molecule has 0 spiro atoms. The van der Waals surface area contributed by atoms with E-state index in [4.69, 9.17) is 27.6 Å². The summed E-state index contributed by atoms with van der Waals surface area (Å²) in [6.07, 6.45) is 1.57. The van der Waals surface area contributed by atoms with Crippen LogP contribution >= 0.6 is 34.5 Å². The van der Waals surface area contributed by atoms with Crippen LogP contribution in [0.15, 0.2) is 71.3 Å². The molecule has 3 aromatic heterocycles. The Morgan fingerprint density at radius 2 is 1.77 bits per heavy atom. The fourth-order valence-corrected chi connectivity index (χ4v) is 6.16. The van der Waals surface area contributed by atoms with Crippen molar-refractivity contribution in [2.45, 2.75) is 6.04 Å². The second kappa shape index (κ2) is 9.20. The fourth-order valence-electron chi connectivity index (χ4n) is 4.54. The van der Waals surface area contributed by atoms with Gasteiger partial charge in [0.2, 0.25) is 16.7 Å². The molecule has 0 unspecified atom stereocenters. The van der Waals surface area contributed by atoms with E-state index in [0.29, 0.717) is 26.6 Å². The fraction of sp³-hybridized carbons (Fsp3) is 0.200. The van der Waals surface area contributed by atoms with Crippen LogP contribution in [0.5, 0.6) is 5.88 Å². The van der Waals surface area contributed by atoms with E-state index in [-0.39, 0.29) is 11.9 Å². The van der Waals surface area contributed by atoms with Gasteiger partial charge in [-0.15, -0.1) is 5.10 Å². The van der Waals surface area contributed by atoms with Crippen molar-refractivity contribution in [3.63, 3.8) is 0 Å². The quantitative estimate of drug-likeness (QED) is 0.304. The van der Waals surface area contributed by atoms with Crippen molar-refractivity contribution < 1.29 is 9.52 Å². The van der Waals surface area contributed by atoms with Crippen LogP contribution in [0.2, 0.25) is 10.0 Å². The standard InChI is InChI=1S/C25H21Cl2N5O2S/c26-16-8-9-18(19(27)15-16)21(31-12-10-30(11-13-31)17-5-2-1-3-6-17)22-24(33)32-25(35-22)28-23(29-32)20-7-4-14-34-20/h1-9,14-15,21,33H,10-13H2/t21-/m1/s1. The third-order valence-corrected chi connectivity index (χ3v) is 7.88. The molecular weight excluding hydrogens is 505 g/mol. The number of para-hydroxylation sites is 1. The third kappa shape index (κ3) is 4.16. The number of rotatable bonds is 5. The van der Waals surface area contributed by atoms with E-state index in [1.165, 1.54) is 21.5 Å². The molecule has 1 aliphatic heterocycles. The summed E-state index contributed by atoms with van der Waals surface area (Å²) in [7, 11) is 0. The number of hydrogen-bond donors (Lipinski definition) is 1. The Morgan fingerprint density at radius 3 is 2.46 bits per heavy atom. The number of hydrogen-bond acceptors (Lipinski definition) is 7. The molecule has 5 aromatic rings. The second-order valence-electron chi connectivity index (χ2n) is 8.32. The zero-order valence-electron chi connectivity index (χ0n) is 18.5. The Balaban J connectivity index is 1.37. The lowest BCUT2D eigenvalue weighted by Crippen LogP contribution is -2.47. The number of aromatic hydroxyl groups is 1. The summed E-state index contributed by atoms with van der Waals surface area (Å²) in [5.41, 5.74) is 2.09. The molecule has 0 radical (unpaired) electrons. The number of piperazine rings is 1. The normalized spacial score (nSPS) is 15.7. The first-order valence-electron chi connectivity index (χ1n) is 11.2. The average Bonchev–Trinajstić information content (AvgIpc) is 3.61. The number of thiazole rings is 1. The molecule has 1 saturated heterocycles. The lowest BCUT2D eigenvalue weighted by Gasteiger charge is -2.40. The van der Waals surface area contributed by atoms with Gasteiger partial charge in [-0.2, -0.15) is 9.50 Å². The van der Waals surface area contributed by atoms with Gasteiger partial charge < -0.3 is 14.4 Å². The number of halogens is 2. The van der Waals surface area contributed by atoms with Gasteiger partial charge in [0.1, 0.15) is 0 Å². The van der Waals surface area contributed by atoms with Gasteiger partial charge >= 0.3 is 0 Å². The lowest BCUT2D eigenvalue weighted by molar-refractivity contribution is 0.211. The largest absolute Gasteiger partial charge is 0.492 e. The minimum Gasteiger partial charge on any atom is -0.492 e. The van der Waals surface area contributed by atoms with Gasteiger partial charge in [0.15, 0.2) is 5.76 Å². The summed E-state index contributed by atoms with van der Waals surface area (Å²) < 4.78 is 6.88. The highest BCUT2D eigenvalue weighted by atomic mass is 35.5. The predicted molar refractivity (Wildman–Crippen MR) is 139 cm³/mol. The van der Waals surface area contributed by atoms with Crippen LogP contribution in [0.25, 0.3) is 16.5 Å². The topological polar surface area (TPSA) is 70.0 Å². The first kappa shape index (κ1) is 22.4.